The number of likely N-dealkylation sites (tertiary alicyclic amines) is 1. The first-order valence-corrected chi connectivity index (χ1v) is 13.4. The number of amides is 1. The molecule has 3 aromatic rings. The molecule has 1 fully saturated rings. The van der Waals surface area contributed by atoms with E-state index in [2.05, 4.69) is 28.5 Å². The third kappa shape index (κ3) is 6.77. The molecule has 38 heavy (non-hydrogen) atoms. The summed E-state index contributed by atoms with van der Waals surface area (Å²) < 4.78 is 19.8. The topological polar surface area (TPSA) is 71.3 Å². The van der Waals surface area contributed by atoms with E-state index in [0.717, 1.165) is 41.7 Å². The SMILES string of the molecule is CC/C=C(\C=C(/NCC(=O)N1CCC(c2nnc(C(C)C)o2)CC1)c1ccccc1)c1ccc(F)c(C)c1. The van der Waals surface area contributed by atoms with Crippen LogP contribution in [0.15, 0.2) is 65.1 Å². The van der Waals surface area contributed by atoms with Gasteiger partial charge >= 0.3 is 0 Å². The molecule has 200 valence electrons. The number of nitrogens with one attached hydrogen (secondary N) is 1. The molecule has 0 aliphatic carbocycles. The first-order valence-electron chi connectivity index (χ1n) is 13.4. The third-order valence-corrected chi connectivity index (χ3v) is 6.88. The van der Waals surface area contributed by atoms with Crippen molar-refractivity contribution in [3.8, 4) is 0 Å². The Labute approximate surface area is 224 Å². The Kier molecular flexibility index (Phi) is 9.10. The maximum atomic E-state index is 13.9. The van der Waals surface area contributed by atoms with Gasteiger partial charge in [0.25, 0.3) is 0 Å². The van der Waals surface area contributed by atoms with Crippen molar-refractivity contribution in [2.75, 3.05) is 19.6 Å². The van der Waals surface area contributed by atoms with Gasteiger partial charge in [-0.3, -0.25) is 4.79 Å². The van der Waals surface area contributed by atoms with Crippen molar-refractivity contribution in [1.29, 1.82) is 0 Å². The van der Waals surface area contributed by atoms with E-state index in [1.807, 2.05) is 61.2 Å². The van der Waals surface area contributed by atoms with Gasteiger partial charge < -0.3 is 14.6 Å². The van der Waals surface area contributed by atoms with Crippen molar-refractivity contribution in [3.05, 3.63) is 95.0 Å². The van der Waals surface area contributed by atoms with E-state index in [-0.39, 0.29) is 30.1 Å². The number of carbonyl (C=O) groups excluding carboxylic acids is 1. The van der Waals surface area contributed by atoms with E-state index >= 15 is 0 Å². The van der Waals surface area contributed by atoms with E-state index in [1.54, 1.807) is 13.0 Å². The van der Waals surface area contributed by atoms with Gasteiger partial charge in [0.15, 0.2) is 0 Å². The summed E-state index contributed by atoms with van der Waals surface area (Å²) in [5.41, 5.74) is 4.36. The number of aryl methyl sites for hydroxylation is 1. The first kappa shape index (κ1) is 27.3. The number of piperidine rings is 1. The van der Waals surface area contributed by atoms with E-state index in [0.29, 0.717) is 30.4 Å². The fraction of sp³-hybridized carbons (Fsp3) is 0.387. The molecule has 1 aliphatic rings. The average molecular weight is 517 g/mol. The number of nitrogens with zero attached hydrogens (tertiary/aromatic N) is 3. The molecular weight excluding hydrogens is 479 g/mol. The lowest BCUT2D eigenvalue weighted by Gasteiger charge is -2.30. The van der Waals surface area contributed by atoms with Gasteiger partial charge in [0.2, 0.25) is 17.7 Å². The van der Waals surface area contributed by atoms with Gasteiger partial charge in [-0.25, -0.2) is 4.39 Å². The Balaban J connectivity index is 1.45. The second-order valence-corrected chi connectivity index (χ2v) is 10.1. The fourth-order valence-corrected chi connectivity index (χ4v) is 4.62. The Morgan fingerprint density at radius 3 is 2.50 bits per heavy atom. The van der Waals surface area contributed by atoms with E-state index in [9.17, 15) is 9.18 Å². The van der Waals surface area contributed by atoms with Crippen LogP contribution in [0.25, 0.3) is 11.3 Å². The minimum atomic E-state index is -0.219. The van der Waals surface area contributed by atoms with Crippen LogP contribution in [0.4, 0.5) is 4.39 Å². The summed E-state index contributed by atoms with van der Waals surface area (Å²) in [5.74, 6) is 1.57. The normalized spacial score (nSPS) is 15.3. The highest BCUT2D eigenvalue weighted by molar-refractivity contribution is 5.86. The number of halogens is 1. The summed E-state index contributed by atoms with van der Waals surface area (Å²) in [6.07, 6.45) is 6.61. The lowest BCUT2D eigenvalue weighted by atomic mass is 9.97. The van der Waals surface area contributed by atoms with Crippen LogP contribution in [-0.2, 0) is 4.79 Å². The predicted octanol–water partition coefficient (Wildman–Crippen LogP) is 6.47. The van der Waals surface area contributed by atoms with Gasteiger partial charge in [-0.1, -0.05) is 63.2 Å². The number of allylic oxidation sites excluding steroid dienone is 3. The van der Waals surface area contributed by atoms with E-state index in [4.69, 9.17) is 4.42 Å². The van der Waals surface area contributed by atoms with Gasteiger partial charge in [-0.2, -0.15) is 0 Å². The van der Waals surface area contributed by atoms with E-state index < -0.39 is 0 Å². The highest BCUT2D eigenvalue weighted by atomic mass is 19.1. The Morgan fingerprint density at radius 1 is 1.13 bits per heavy atom. The average Bonchev–Trinajstić information content (AvgIpc) is 3.43. The maximum Gasteiger partial charge on any atom is 0.241 e. The number of benzene rings is 2. The summed E-state index contributed by atoms with van der Waals surface area (Å²) >= 11 is 0. The van der Waals surface area contributed by atoms with Gasteiger partial charge in [-0.15, -0.1) is 10.2 Å². The molecule has 0 unspecified atom stereocenters. The summed E-state index contributed by atoms with van der Waals surface area (Å²) in [7, 11) is 0. The molecule has 6 nitrogen and oxygen atoms in total. The molecular formula is C31H37FN4O2. The maximum absolute atomic E-state index is 13.9. The van der Waals surface area contributed by atoms with Crippen LogP contribution in [0.3, 0.4) is 0 Å². The summed E-state index contributed by atoms with van der Waals surface area (Å²) in [4.78, 5) is 15.1. The molecule has 0 saturated carbocycles. The molecule has 1 saturated heterocycles. The zero-order valence-corrected chi connectivity index (χ0v) is 22.7. The van der Waals surface area contributed by atoms with Crippen LogP contribution in [0.1, 0.15) is 80.3 Å². The summed E-state index contributed by atoms with van der Waals surface area (Å²) in [5, 5.41) is 11.8. The van der Waals surface area contributed by atoms with Crippen LogP contribution >= 0.6 is 0 Å². The van der Waals surface area contributed by atoms with Gasteiger partial charge in [0.1, 0.15) is 5.82 Å². The smallest absolute Gasteiger partial charge is 0.241 e. The highest BCUT2D eigenvalue weighted by Gasteiger charge is 2.27. The number of carbonyl (C=O) groups is 1. The van der Waals surface area contributed by atoms with Gasteiger partial charge in [0.05, 0.1) is 6.54 Å². The number of hydrogen-bond acceptors (Lipinski definition) is 5. The molecule has 0 bridgehead atoms. The van der Waals surface area contributed by atoms with Crippen LogP contribution in [0.5, 0.6) is 0 Å². The predicted molar refractivity (Wildman–Crippen MR) is 149 cm³/mol. The van der Waals surface area contributed by atoms with Crippen LogP contribution in [0.2, 0.25) is 0 Å². The second-order valence-electron chi connectivity index (χ2n) is 10.1. The van der Waals surface area contributed by atoms with Crippen LogP contribution in [0, 0.1) is 12.7 Å². The van der Waals surface area contributed by atoms with Crippen molar-refractivity contribution in [1.82, 2.24) is 20.4 Å². The molecule has 1 aliphatic heterocycles. The second kappa shape index (κ2) is 12.7. The zero-order valence-electron chi connectivity index (χ0n) is 22.7. The van der Waals surface area contributed by atoms with E-state index in [1.165, 1.54) is 6.07 Å². The number of aromatic nitrogens is 2. The van der Waals surface area contributed by atoms with Crippen molar-refractivity contribution < 1.29 is 13.6 Å². The van der Waals surface area contributed by atoms with Crippen LogP contribution < -0.4 is 5.32 Å². The molecule has 2 aromatic carbocycles. The van der Waals surface area contributed by atoms with Gasteiger partial charge in [-0.05, 0) is 66.7 Å². The summed E-state index contributed by atoms with van der Waals surface area (Å²) in [6.45, 7) is 9.41. The van der Waals surface area contributed by atoms with Gasteiger partial charge in [0, 0.05) is 30.6 Å². The zero-order chi connectivity index (χ0) is 27.1. The monoisotopic (exact) mass is 516 g/mol. The lowest BCUT2D eigenvalue weighted by Crippen LogP contribution is -2.42. The number of rotatable bonds is 9. The largest absolute Gasteiger partial charge is 0.425 e. The quantitative estimate of drug-likeness (QED) is 0.330. The molecule has 1 N–H and O–H groups in total. The molecule has 1 aromatic heterocycles. The molecule has 2 heterocycles. The third-order valence-electron chi connectivity index (χ3n) is 6.88. The Morgan fingerprint density at radius 2 is 1.87 bits per heavy atom. The molecule has 0 spiro atoms. The minimum absolute atomic E-state index is 0.0531. The molecule has 4 rings (SSSR count). The Bertz CT molecular complexity index is 1290. The number of hydrogen-bond donors (Lipinski definition) is 1. The molecule has 1 amide bonds. The summed E-state index contributed by atoms with van der Waals surface area (Å²) in [6, 6.07) is 15.1. The standard InChI is InChI=1S/C31H37FN4O2/c1-5-9-25(26-12-13-27(32)22(4)18-26)19-28(23-10-7-6-8-11-23)33-20-29(37)36-16-14-24(15-17-36)31-35-34-30(38-31)21(2)3/h6-13,18-19,21,24,33H,5,14-17,20H2,1-4H3/b25-9+,28-19-. The fourth-order valence-electron chi connectivity index (χ4n) is 4.62. The van der Waals surface area contributed by atoms with Crippen LogP contribution in [-0.4, -0.2) is 40.6 Å². The van der Waals surface area contributed by atoms with Crippen molar-refractivity contribution in [3.63, 3.8) is 0 Å². The lowest BCUT2D eigenvalue weighted by molar-refractivity contribution is -0.131. The Hall–Kier alpha value is -3.74. The molecule has 7 heteroatoms. The molecule has 0 atom stereocenters. The van der Waals surface area contributed by atoms with Crippen molar-refractivity contribution in [2.24, 2.45) is 0 Å². The van der Waals surface area contributed by atoms with Crippen molar-refractivity contribution >= 4 is 17.2 Å². The minimum Gasteiger partial charge on any atom is -0.425 e. The van der Waals surface area contributed by atoms with Crippen molar-refractivity contribution in [2.45, 2.75) is 58.8 Å². The first-order chi connectivity index (χ1) is 18.4. The highest BCUT2D eigenvalue weighted by Crippen LogP contribution is 2.29. The molecule has 0 radical (unpaired) electrons.